The monoisotopic (exact) mass is 412 g/mol. The molecule has 3 nitrogen and oxygen atoms in total. The fourth-order valence-electron chi connectivity index (χ4n) is 4.10. The van der Waals surface area contributed by atoms with Crippen molar-refractivity contribution in [2.24, 2.45) is 0 Å². The highest BCUT2D eigenvalue weighted by atomic mass is 35.5. The minimum Gasteiger partial charge on any atom is -0.351 e. The smallest absolute Gasteiger partial charge is 0.251 e. The van der Waals surface area contributed by atoms with Crippen LogP contribution in [-0.2, 0) is 0 Å². The second kappa shape index (κ2) is 9.86. The first-order chi connectivity index (χ1) is 13.7. The average Bonchev–Trinajstić information content (AvgIpc) is 2.74. The summed E-state index contributed by atoms with van der Waals surface area (Å²) in [5, 5.41) is 5.61. The third kappa shape index (κ3) is 5.14. The number of hydrogen-bond donors (Lipinski definition) is 1. The summed E-state index contributed by atoms with van der Waals surface area (Å²) in [6.07, 6.45) is 2.28. The van der Waals surface area contributed by atoms with Gasteiger partial charge in [0.2, 0.25) is 0 Å². The average molecular weight is 413 g/mol. The minimum absolute atomic E-state index is 0. The molecule has 3 aromatic rings. The van der Waals surface area contributed by atoms with Gasteiger partial charge < -0.3 is 10.2 Å². The largest absolute Gasteiger partial charge is 0.351 e. The number of piperidine rings is 1. The molecule has 29 heavy (non-hydrogen) atoms. The van der Waals surface area contributed by atoms with Crippen molar-refractivity contribution in [3.63, 3.8) is 0 Å². The van der Waals surface area contributed by atoms with E-state index in [2.05, 4.69) is 52.7 Å². The van der Waals surface area contributed by atoms with Crippen molar-refractivity contribution >= 4 is 29.1 Å². The Kier molecular flexibility index (Phi) is 7.24. The van der Waals surface area contributed by atoms with E-state index in [9.17, 15) is 9.18 Å². The summed E-state index contributed by atoms with van der Waals surface area (Å²) in [5.74, 6) is 0.118. The highest BCUT2D eigenvalue weighted by Crippen LogP contribution is 2.32. The summed E-state index contributed by atoms with van der Waals surface area (Å²) in [4.78, 5) is 14.5. The number of nitrogens with zero attached hydrogens (tertiary/aromatic N) is 1. The number of carbonyl (C=O) groups is 1. The maximum absolute atomic E-state index is 12.9. The van der Waals surface area contributed by atoms with E-state index in [1.54, 1.807) is 0 Å². The molecule has 1 heterocycles. The lowest BCUT2D eigenvalue weighted by molar-refractivity contribution is 0.0945. The Bertz CT molecular complexity index is 947. The molecule has 1 aliphatic rings. The third-order valence-electron chi connectivity index (χ3n) is 5.67. The SMILES string of the molecule is Cl.O=C(NCCN1CCC(c2cccc3ccccc23)CC1)c1ccc(F)cc1. The molecule has 0 atom stereocenters. The summed E-state index contributed by atoms with van der Waals surface area (Å²) >= 11 is 0. The second-order valence-corrected chi connectivity index (χ2v) is 7.45. The van der Waals surface area contributed by atoms with Crippen molar-refractivity contribution in [3.8, 4) is 0 Å². The number of fused-ring (bicyclic) bond motifs is 1. The molecule has 1 amide bonds. The summed E-state index contributed by atoms with van der Waals surface area (Å²) in [7, 11) is 0. The topological polar surface area (TPSA) is 32.3 Å². The number of benzene rings is 3. The fraction of sp³-hybridized carbons (Fsp3) is 0.292. The van der Waals surface area contributed by atoms with Crippen LogP contribution in [0.4, 0.5) is 4.39 Å². The molecule has 1 aliphatic heterocycles. The van der Waals surface area contributed by atoms with Crippen LogP contribution >= 0.6 is 12.4 Å². The van der Waals surface area contributed by atoms with E-state index in [1.807, 2.05) is 0 Å². The quantitative estimate of drug-likeness (QED) is 0.638. The molecule has 1 N–H and O–H groups in total. The van der Waals surface area contributed by atoms with E-state index in [1.165, 1.54) is 40.6 Å². The Morgan fingerprint density at radius 2 is 1.66 bits per heavy atom. The molecule has 0 unspecified atom stereocenters. The fourth-order valence-corrected chi connectivity index (χ4v) is 4.10. The van der Waals surface area contributed by atoms with Crippen molar-refractivity contribution in [1.82, 2.24) is 10.2 Å². The number of nitrogens with one attached hydrogen (secondary N) is 1. The van der Waals surface area contributed by atoms with Crippen LogP contribution < -0.4 is 5.32 Å². The van der Waals surface area contributed by atoms with Gasteiger partial charge in [-0.1, -0.05) is 42.5 Å². The maximum Gasteiger partial charge on any atom is 0.251 e. The zero-order valence-electron chi connectivity index (χ0n) is 16.3. The van der Waals surface area contributed by atoms with Gasteiger partial charge in [-0.25, -0.2) is 4.39 Å². The van der Waals surface area contributed by atoms with Crippen LogP contribution in [0.1, 0.15) is 34.7 Å². The lowest BCUT2D eigenvalue weighted by Gasteiger charge is -2.32. The van der Waals surface area contributed by atoms with E-state index < -0.39 is 0 Å². The van der Waals surface area contributed by atoms with Gasteiger partial charge in [0.1, 0.15) is 5.82 Å². The van der Waals surface area contributed by atoms with Crippen molar-refractivity contribution in [1.29, 1.82) is 0 Å². The van der Waals surface area contributed by atoms with Crippen LogP contribution in [0.2, 0.25) is 0 Å². The molecule has 5 heteroatoms. The van der Waals surface area contributed by atoms with E-state index in [0.29, 0.717) is 18.0 Å². The Balaban J connectivity index is 0.00000240. The van der Waals surface area contributed by atoms with Gasteiger partial charge in [-0.15, -0.1) is 12.4 Å². The molecule has 4 rings (SSSR count). The van der Waals surface area contributed by atoms with Gasteiger partial charge in [-0.3, -0.25) is 4.79 Å². The minimum atomic E-state index is -0.328. The highest BCUT2D eigenvalue weighted by Gasteiger charge is 2.21. The lowest BCUT2D eigenvalue weighted by atomic mass is 9.86. The Morgan fingerprint density at radius 3 is 2.41 bits per heavy atom. The molecular weight excluding hydrogens is 387 g/mol. The normalized spacial score (nSPS) is 15.1. The molecular formula is C24H26ClFN2O. The van der Waals surface area contributed by atoms with Crippen molar-refractivity contribution in [2.75, 3.05) is 26.2 Å². The van der Waals surface area contributed by atoms with Gasteiger partial charge in [0.05, 0.1) is 0 Å². The zero-order chi connectivity index (χ0) is 19.3. The van der Waals surface area contributed by atoms with Crippen molar-refractivity contribution in [2.45, 2.75) is 18.8 Å². The van der Waals surface area contributed by atoms with Gasteiger partial charge in [0.15, 0.2) is 0 Å². The molecule has 3 aromatic carbocycles. The molecule has 0 aromatic heterocycles. The summed E-state index contributed by atoms with van der Waals surface area (Å²) in [5.41, 5.74) is 1.96. The predicted molar refractivity (Wildman–Crippen MR) is 118 cm³/mol. The number of likely N-dealkylation sites (tertiary alicyclic amines) is 1. The van der Waals surface area contributed by atoms with E-state index in [-0.39, 0.29) is 24.1 Å². The summed E-state index contributed by atoms with van der Waals surface area (Å²) in [6.45, 7) is 3.53. The number of halogens is 2. The third-order valence-corrected chi connectivity index (χ3v) is 5.67. The van der Waals surface area contributed by atoms with E-state index >= 15 is 0 Å². The van der Waals surface area contributed by atoms with E-state index in [4.69, 9.17) is 0 Å². The van der Waals surface area contributed by atoms with Crippen LogP contribution in [0.25, 0.3) is 10.8 Å². The molecule has 0 radical (unpaired) electrons. The number of amides is 1. The van der Waals surface area contributed by atoms with Gasteiger partial charge >= 0.3 is 0 Å². The number of hydrogen-bond acceptors (Lipinski definition) is 2. The van der Waals surface area contributed by atoms with E-state index in [0.717, 1.165) is 32.5 Å². The Morgan fingerprint density at radius 1 is 0.966 bits per heavy atom. The summed E-state index contributed by atoms with van der Waals surface area (Å²) in [6, 6.07) is 20.9. The van der Waals surface area contributed by atoms with Crippen molar-refractivity contribution in [3.05, 3.63) is 83.7 Å². The molecule has 0 saturated carbocycles. The van der Waals surface area contributed by atoms with Gasteiger partial charge in [0, 0.05) is 18.7 Å². The standard InChI is InChI=1S/C24H25FN2O.ClH/c25-21-10-8-20(9-11-21)24(28)26-14-17-27-15-12-19(13-16-27)23-7-3-5-18-4-1-2-6-22(18)23;/h1-11,19H,12-17H2,(H,26,28);1H. The van der Waals surface area contributed by atoms with Gasteiger partial charge in [-0.2, -0.15) is 0 Å². The first-order valence-corrected chi connectivity index (χ1v) is 9.94. The Labute approximate surface area is 177 Å². The number of rotatable bonds is 5. The van der Waals surface area contributed by atoms with Crippen molar-refractivity contribution < 1.29 is 9.18 Å². The van der Waals surface area contributed by atoms with Gasteiger partial charge in [-0.05, 0) is 72.5 Å². The number of carbonyl (C=O) groups excluding carboxylic acids is 1. The summed E-state index contributed by atoms with van der Waals surface area (Å²) < 4.78 is 12.9. The molecule has 0 bridgehead atoms. The molecule has 0 spiro atoms. The maximum atomic E-state index is 12.9. The predicted octanol–water partition coefficient (Wildman–Crippen LogP) is 5.01. The lowest BCUT2D eigenvalue weighted by Crippen LogP contribution is -2.39. The molecule has 152 valence electrons. The first-order valence-electron chi connectivity index (χ1n) is 9.94. The molecule has 1 fully saturated rings. The van der Waals surface area contributed by atoms with Crippen LogP contribution in [0.5, 0.6) is 0 Å². The van der Waals surface area contributed by atoms with Crippen LogP contribution in [0, 0.1) is 5.82 Å². The van der Waals surface area contributed by atoms with Gasteiger partial charge in [0.25, 0.3) is 5.91 Å². The zero-order valence-corrected chi connectivity index (χ0v) is 17.1. The highest BCUT2D eigenvalue weighted by molar-refractivity contribution is 5.94. The second-order valence-electron chi connectivity index (χ2n) is 7.45. The Hall–Kier alpha value is -2.43. The first kappa shape index (κ1) is 21.3. The van der Waals surface area contributed by atoms with Crippen LogP contribution in [-0.4, -0.2) is 37.0 Å². The molecule has 1 saturated heterocycles. The molecule has 0 aliphatic carbocycles. The van der Waals surface area contributed by atoms with Crippen LogP contribution in [0.15, 0.2) is 66.7 Å². The van der Waals surface area contributed by atoms with Crippen LogP contribution in [0.3, 0.4) is 0 Å².